The lowest BCUT2D eigenvalue weighted by atomic mass is 10.1. The van der Waals surface area contributed by atoms with Gasteiger partial charge in [-0.2, -0.15) is 28.7 Å². The smallest absolute Gasteiger partial charge is 0.417 e. The lowest BCUT2D eigenvalue weighted by Crippen LogP contribution is -2.24. The Morgan fingerprint density at radius 2 is 0.526 bits per heavy atom. The molecule has 6 rings (SSSR count). The van der Waals surface area contributed by atoms with Gasteiger partial charge in [0.1, 0.15) is 19.8 Å². The number of nitrogens with zero attached hydrogens (tertiary/aromatic N) is 12. The Balaban J connectivity index is 0.000000583. The number of ether oxygens (including phenoxy) is 6. The second-order valence-corrected chi connectivity index (χ2v) is 22.2. The lowest BCUT2D eigenvalue weighted by Gasteiger charge is -2.03. The molecule has 0 heterocycles. The third-order valence-electron chi connectivity index (χ3n) is 12.6. The number of rotatable bonds is 27. The van der Waals surface area contributed by atoms with Gasteiger partial charge < -0.3 is 61.6 Å². The Kier molecular flexibility index (Phi) is 43.8. The van der Waals surface area contributed by atoms with Crippen LogP contribution in [0.3, 0.4) is 0 Å². The second kappa shape index (κ2) is 50.9. The number of carbonyl (C=O) groups is 6. The maximum absolute atomic E-state index is 11.6. The Morgan fingerprint density at radius 3 is 0.784 bits per heavy atom. The van der Waals surface area contributed by atoms with Crippen LogP contribution in [0.4, 0.5) is 0 Å². The van der Waals surface area contributed by atoms with Crippen LogP contribution in [0.15, 0.2) is 182 Å². The van der Waals surface area contributed by atoms with Crippen molar-refractivity contribution < 1.29 is 85.9 Å². The molecule has 6 aromatic carbocycles. The minimum Gasteiger partial charge on any atom is -0.457 e. The molecule has 24 nitrogen and oxygen atoms in total. The van der Waals surface area contributed by atoms with Gasteiger partial charge in [-0.3, -0.25) is 0 Å². The summed E-state index contributed by atoms with van der Waals surface area (Å²) in [6.07, 6.45) is 2.80. The molecule has 6 aromatic rings. The van der Waals surface area contributed by atoms with Crippen molar-refractivity contribution in [1.82, 2.24) is 0 Å². The summed E-state index contributed by atoms with van der Waals surface area (Å²) in [7, 11) is 0. The van der Waals surface area contributed by atoms with Crippen molar-refractivity contribution in [2.45, 2.75) is 121 Å². The van der Waals surface area contributed by atoms with Crippen LogP contribution in [0, 0.1) is 23.7 Å². The van der Waals surface area contributed by atoms with E-state index in [1.165, 1.54) is 13.8 Å². The van der Waals surface area contributed by atoms with Gasteiger partial charge in [-0.1, -0.05) is 237 Å². The zero-order valence-electron chi connectivity index (χ0n) is 56.7. The summed E-state index contributed by atoms with van der Waals surface area (Å²) < 4.78 is 29.9. The predicted molar refractivity (Wildman–Crippen MR) is 364 cm³/mol. The first-order chi connectivity index (χ1) is 46.5. The number of esters is 6. The van der Waals surface area contributed by atoms with E-state index in [0.717, 1.165) is 33.4 Å². The molecular formula is C73H86N12O12. The molecule has 0 aliphatic heterocycles. The first kappa shape index (κ1) is 83.4. The van der Waals surface area contributed by atoms with E-state index in [1.807, 2.05) is 210 Å². The highest BCUT2D eigenvalue weighted by molar-refractivity contribution is 6.36. The van der Waals surface area contributed by atoms with E-state index in [0.29, 0.717) is 38.7 Å². The molecule has 0 atom stereocenters. The van der Waals surface area contributed by atoms with Gasteiger partial charge in [0.05, 0.1) is 44.5 Å². The van der Waals surface area contributed by atoms with E-state index < -0.39 is 35.8 Å². The van der Waals surface area contributed by atoms with E-state index in [9.17, 15) is 28.8 Å². The average Bonchev–Trinajstić information content (AvgIpc) is 2.09. The van der Waals surface area contributed by atoms with E-state index in [1.54, 1.807) is 27.7 Å². The minimum absolute atomic E-state index is 0.0379. The second-order valence-electron chi connectivity index (χ2n) is 22.2. The summed E-state index contributed by atoms with van der Waals surface area (Å²) in [6, 6.07) is 57.2. The van der Waals surface area contributed by atoms with Crippen LogP contribution in [-0.4, -0.2) is 119 Å². The fourth-order valence-electron chi connectivity index (χ4n) is 7.38. The zero-order chi connectivity index (χ0) is 72.2. The van der Waals surface area contributed by atoms with Gasteiger partial charge in [0.15, 0.2) is 0 Å². The monoisotopic (exact) mass is 1320 g/mol. The molecule has 0 aromatic heterocycles. The highest BCUT2D eigenvalue weighted by atomic mass is 16.6. The minimum atomic E-state index is -0.614. The van der Waals surface area contributed by atoms with Crippen molar-refractivity contribution in [2.75, 3.05) is 19.8 Å². The maximum atomic E-state index is 11.6. The van der Waals surface area contributed by atoms with Crippen LogP contribution in [0.1, 0.15) is 115 Å². The average molecular weight is 1320 g/mol. The van der Waals surface area contributed by atoms with Gasteiger partial charge in [0.25, 0.3) is 0 Å². The normalized spacial score (nSPS) is 9.59. The van der Waals surface area contributed by atoms with Gasteiger partial charge in [-0.05, 0) is 45.2 Å². The van der Waals surface area contributed by atoms with Crippen LogP contribution < -0.4 is 0 Å². The van der Waals surface area contributed by atoms with Crippen molar-refractivity contribution in [3.8, 4) is 0 Å². The number of hydrogen-bond acceptors (Lipinski definition) is 12. The molecule has 0 radical (unpaired) electrons. The molecular weight excluding hydrogens is 1240 g/mol. The first-order valence-electron chi connectivity index (χ1n) is 31.0. The third-order valence-corrected chi connectivity index (χ3v) is 12.6. The van der Waals surface area contributed by atoms with Gasteiger partial charge in [0, 0.05) is 33.1 Å². The van der Waals surface area contributed by atoms with Crippen molar-refractivity contribution >= 4 is 70.1 Å². The standard InChI is InChI=1S/C14H18N2O2.2C13H16N2O2.C12H14N2O2.C11H12N2O2.C10H10N2O2/c1-11(2)10-13(16-15)14(17)18-9-8-12-6-4-3-5-7-12;1-10(2)8-12(15-14)13(16)17-9-11-6-4-3-5-7-11;1-10(2)12(15-14)13(16)17-9-8-11-6-4-3-5-7-11;1-9(2)11(14-13)12(15)16-8-10-6-4-3-5-7-10;1-9(13-12)11(14)15-8-7-10-5-3-2-4-6-10;1-8(12-11)10(13)14-7-9-5-3-2-4-6-9/h3-7,11H,8-10H2,1-2H3;2*3-7,10H,8-9H2,1-2H3;3-7,9H,8H2,1-2H3;2-6H,7-8H2,1H3;2-6H,7H2,1H3. The van der Waals surface area contributed by atoms with E-state index in [4.69, 9.17) is 61.6 Å². The molecule has 0 spiro atoms. The van der Waals surface area contributed by atoms with E-state index in [-0.39, 0.29) is 91.0 Å². The van der Waals surface area contributed by atoms with Gasteiger partial charge in [-0.15, -0.1) is 0 Å². The Morgan fingerprint density at radius 1 is 0.299 bits per heavy atom. The fraction of sp³-hybridized carbons (Fsp3) is 0.342. The summed E-state index contributed by atoms with van der Waals surface area (Å²) in [4.78, 5) is 85.6. The molecule has 0 N–H and O–H groups in total. The fourth-order valence-corrected chi connectivity index (χ4v) is 7.38. The third kappa shape index (κ3) is 38.9. The molecule has 0 aliphatic rings. The zero-order valence-corrected chi connectivity index (χ0v) is 56.7. The quantitative estimate of drug-likeness (QED) is 0.0153. The maximum Gasteiger partial charge on any atom is 0.417 e. The molecule has 0 aliphatic carbocycles. The van der Waals surface area contributed by atoms with Crippen LogP contribution in [0.2, 0.25) is 0 Å². The van der Waals surface area contributed by atoms with Gasteiger partial charge in [-0.25, -0.2) is 28.8 Å². The topological polar surface area (TPSA) is 376 Å². The van der Waals surface area contributed by atoms with Crippen molar-refractivity contribution in [1.29, 1.82) is 0 Å². The Hall–Kier alpha value is -11.6. The SMILES string of the molecule is CC(=[N+]=[N-])C(=O)OCCc1ccccc1.CC(=[N+]=[N-])C(=O)OCc1ccccc1.CC(C)C(=[N+]=[N-])C(=O)OCCc1ccccc1.CC(C)C(=[N+]=[N-])C(=O)OCc1ccccc1.CC(C)CC(=[N+]=[N-])C(=O)OCCc1ccccc1.CC(C)CC(=[N+]=[N-])C(=O)OCc1ccccc1. The molecule has 97 heavy (non-hydrogen) atoms. The molecule has 0 saturated carbocycles. The molecule has 0 bridgehead atoms. The molecule has 0 saturated heterocycles. The summed E-state index contributed by atoms with van der Waals surface area (Å²) in [5, 5.41) is 0. The first-order valence-corrected chi connectivity index (χ1v) is 31.0. The van der Waals surface area contributed by atoms with Crippen molar-refractivity contribution in [3.63, 3.8) is 0 Å². The van der Waals surface area contributed by atoms with Gasteiger partial charge in [0.2, 0.25) is 0 Å². The van der Waals surface area contributed by atoms with E-state index >= 15 is 0 Å². The van der Waals surface area contributed by atoms with Crippen LogP contribution in [-0.2, 0) is 96.3 Å². The highest BCUT2D eigenvalue weighted by Gasteiger charge is 2.28. The number of benzene rings is 6. The molecule has 510 valence electrons. The Bertz CT molecular complexity index is 3690. The van der Waals surface area contributed by atoms with Crippen LogP contribution in [0.5, 0.6) is 0 Å². The molecule has 0 unspecified atom stereocenters. The summed E-state index contributed by atoms with van der Waals surface area (Å²) in [5.41, 5.74) is 57.6. The number of hydrogen-bond donors (Lipinski definition) is 0. The highest BCUT2D eigenvalue weighted by Crippen LogP contribution is 2.09. The summed E-state index contributed by atoms with van der Waals surface area (Å²) in [5.74, 6) is -3.27. The molecule has 0 amide bonds. The molecule has 24 heteroatoms. The number of carbonyl (C=O) groups excluding carboxylic acids is 6. The van der Waals surface area contributed by atoms with Crippen molar-refractivity contribution in [3.05, 3.63) is 249 Å². The summed E-state index contributed by atoms with van der Waals surface area (Å²) >= 11 is 0. The predicted octanol–water partition coefficient (Wildman–Crippen LogP) is 12.0. The van der Waals surface area contributed by atoms with Crippen LogP contribution in [0.25, 0.3) is 33.2 Å². The molecule has 0 fully saturated rings. The lowest BCUT2D eigenvalue weighted by molar-refractivity contribution is -0.142. The van der Waals surface area contributed by atoms with Gasteiger partial charge >= 0.3 is 70.1 Å². The largest absolute Gasteiger partial charge is 0.457 e. The Labute approximate surface area is 566 Å². The van der Waals surface area contributed by atoms with E-state index in [2.05, 4.69) is 28.7 Å². The van der Waals surface area contributed by atoms with Crippen LogP contribution >= 0.6 is 0 Å². The summed E-state index contributed by atoms with van der Waals surface area (Å²) in [6.45, 7) is 19.0. The van der Waals surface area contributed by atoms with Crippen molar-refractivity contribution in [2.24, 2.45) is 23.7 Å².